The number of sulfonamides is 1. The number of Topliss-reactive ketones (excluding diaryl/α,β-unsaturated/α-hetero) is 1. The minimum absolute atomic E-state index is 0.164. The van der Waals surface area contributed by atoms with Gasteiger partial charge in [0.1, 0.15) is 4.21 Å². The third-order valence-electron chi connectivity index (χ3n) is 4.59. The smallest absolute Gasteiger partial charge is 0.292 e. The minimum Gasteiger partial charge on any atom is -0.352 e. The number of ketones is 1. The van der Waals surface area contributed by atoms with Crippen LogP contribution < -0.4 is 5.32 Å². The van der Waals surface area contributed by atoms with Crippen molar-refractivity contribution in [1.29, 1.82) is 0 Å². The van der Waals surface area contributed by atoms with E-state index in [0.29, 0.717) is 11.1 Å². The molecule has 0 unspecified atom stereocenters. The summed E-state index contributed by atoms with van der Waals surface area (Å²) in [5, 5.41) is 4.84. The summed E-state index contributed by atoms with van der Waals surface area (Å²) in [6.07, 6.45) is 1.51. The maximum absolute atomic E-state index is 13.0. The zero-order valence-electron chi connectivity index (χ0n) is 15.8. The van der Waals surface area contributed by atoms with Gasteiger partial charge in [0.15, 0.2) is 0 Å². The van der Waals surface area contributed by atoms with Crippen LogP contribution in [0.15, 0.2) is 80.4 Å². The molecule has 0 radical (unpaired) electrons. The highest BCUT2D eigenvalue weighted by atomic mass is 32.2. The first-order valence-electron chi connectivity index (χ1n) is 8.94. The topological polar surface area (TPSA) is 75.6 Å². The van der Waals surface area contributed by atoms with E-state index in [0.717, 1.165) is 28.2 Å². The van der Waals surface area contributed by atoms with E-state index >= 15 is 0 Å². The first-order chi connectivity index (χ1) is 13.8. The molecule has 0 fully saturated rings. The maximum atomic E-state index is 13.0. The van der Waals surface area contributed by atoms with E-state index in [1.54, 1.807) is 35.7 Å². The van der Waals surface area contributed by atoms with E-state index < -0.39 is 10.0 Å². The third kappa shape index (κ3) is 3.79. The van der Waals surface area contributed by atoms with E-state index in [9.17, 15) is 13.2 Å². The molecule has 4 rings (SSSR count). The summed E-state index contributed by atoms with van der Waals surface area (Å²) in [4.78, 5) is 13.0. The van der Waals surface area contributed by atoms with Crippen LogP contribution >= 0.6 is 11.3 Å². The van der Waals surface area contributed by atoms with E-state index in [1.165, 1.54) is 12.1 Å². The summed E-state index contributed by atoms with van der Waals surface area (Å²) in [6.45, 7) is 3.95. The van der Waals surface area contributed by atoms with Crippen LogP contribution in [0.3, 0.4) is 0 Å². The highest BCUT2D eigenvalue weighted by molar-refractivity contribution is 7.92. The zero-order chi connectivity index (χ0) is 20.6. The number of rotatable bonds is 4. The standard InChI is InChI=1S/C22H18N2O3S2/c1-14-9-10-18(15(2)12-14)23-20-13-19(16-6-3-4-7-17(16)22(20)25)24-29(26,27)21-8-5-11-28-21/h3-13,23H,1-2H3/b24-19+. The number of anilines is 1. The molecule has 2 aromatic carbocycles. The molecule has 1 aliphatic carbocycles. The lowest BCUT2D eigenvalue weighted by Crippen LogP contribution is -2.22. The Hall–Kier alpha value is -3.03. The number of nitrogens with zero attached hydrogens (tertiary/aromatic N) is 1. The van der Waals surface area contributed by atoms with Crippen LogP contribution in [-0.2, 0) is 10.0 Å². The highest BCUT2D eigenvalue weighted by Gasteiger charge is 2.26. The Morgan fingerprint density at radius 3 is 2.41 bits per heavy atom. The van der Waals surface area contributed by atoms with Gasteiger partial charge in [0, 0.05) is 16.8 Å². The molecule has 0 bridgehead atoms. The number of hydrogen-bond acceptors (Lipinski definition) is 5. The number of hydrogen-bond donors (Lipinski definition) is 1. The largest absolute Gasteiger partial charge is 0.352 e. The molecular weight excluding hydrogens is 404 g/mol. The molecule has 3 aromatic rings. The summed E-state index contributed by atoms with van der Waals surface area (Å²) in [6, 6.07) is 16.0. The van der Waals surface area contributed by atoms with Gasteiger partial charge < -0.3 is 5.32 Å². The van der Waals surface area contributed by atoms with Crippen molar-refractivity contribution < 1.29 is 13.2 Å². The molecular formula is C22H18N2O3S2. The lowest BCUT2D eigenvalue weighted by molar-refractivity contribution is 0.103. The Labute approximate surface area is 173 Å². The molecule has 146 valence electrons. The van der Waals surface area contributed by atoms with E-state index in [-0.39, 0.29) is 21.4 Å². The summed E-state index contributed by atoms with van der Waals surface area (Å²) >= 11 is 1.11. The van der Waals surface area contributed by atoms with Gasteiger partial charge in [-0.15, -0.1) is 11.3 Å². The van der Waals surface area contributed by atoms with Crippen LogP contribution in [-0.4, -0.2) is 19.9 Å². The summed E-state index contributed by atoms with van der Waals surface area (Å²) in [5.74, 6) is -0.201. The fourth-order valence-electron chi connectivity index (χ4n) is 3.18. The van der Waals surface area contributed by atoms with Gasteiger partial charge in [-0.25, -0.2) is 0 Å². The lowest BCUT2D eigenvalue weighted by atomic mass is 9.92. The van der Waals surface area contributed by atoms with Gasteiger partial charge in [0.2, 0.25) is 5.78 Å². The Morgan fingerprint density at radius 2 is 1.72 bits per heavy atom. The van der Waals surface area contributed by atoms with Crippen molar-refractivity contribution in [3.8, 4) is 0 Å². The predicted octanol–water partition coefficient (Wildman–Crippen LogP) is 4.74. The van der Waals surface area contributed by atoms with Crippen molar-refractivity contribution in [1.82, 2.24) is 0 Å². The van der Waals surface area contributed by atoms with Gasteiger partial charge in [-0.05, 0) is 43.0 Å². The summed E-state index contributed by atoms with van der Waals surface area (Å²) in [5.41, 5.74) is 4.34. The van der Waals surface area contributed by atoms with Crippen molar-refractivity contribution in [2.75, 3.05) is 5.32 Å². The highest BCUT2D eigenvalue weighted by Crippen LogP contribution is 2.27. The Kier molecular flexibility index (Phi) is 4.94. The first-order valence-corrected chi connectivity index (χ1v) is 11.3. The summed E-state index contributed by atoms with van der Waals surface area (Å²) < 4.78 is 29.6. The van der Waals surface area contributed by atoms with Gasteiger partial charge in [0.25, 0.3) is 10.0 Å². The number of fused-ring (bicyclic) bond motifs is 1. The van der Waals surface area contributed by atoms with E-state index in [2.05, 4.69) is 9.71 Å². The van der Waals surface area contributed by atoms with Gasteiger partial charge in [0.05, 0.1) is 11.4 Å². The monoisotopic (exact) mass is 422 g/mol. The van der Waals surface area contributed by atoms with Crippen molar-refractivity contribution in [3.63, 3.8) is 0 Å². The van der Waals surface area contributed by atoms with Gasteiger partial charge in [-0.3, -0.25) is 4.79 Å². The number of carbonyl (C=O) groups is 1. The second kappa shape index (κ2) is 7.42. The number of aryl methyl sites for hydroxylation is 2. The molecule has 0 amide bonds. The number of benzene rings is 2. The Balaban J connectivity index is 1.82. The SMILES string of the molecule is Cc1ccc(NC2=C/C(=N\S(=O)(=O)c3cccs3)c3ccccc3C2=O)c(C)c1. The fourth-order valence-corrected chi connectivity index (χ4v) is 5.15. The lowest BCUT2D eigenvalue weighted by Gasteiger charge is -2.19. The summed E-state index contributed by atoms with van der Waals surface area (Å²) in [7, 11) is -3.86. The van der Waals surface area contributed by atoms with Crippen molar-refractivity contribution in [2.24, 2.45) is 4.40 Å². The van der Waals surface area contributed by atoms with Crippen LogP contribution in [0.25, 0.3) is 0 Å². The zero-order valence-corrected chi connectivity index (χ0v) is 17.5. The second-order valence-corrected chi connectivity index (χ2v) is 9.54. The molecule has 0 atom stereocenters. The molecule has 29 heavy (non-hydrogen) atoms. The third-order valence-corrected chi connectivity index (χ3v) is 7.26. The minimum atomic E-state index is -3.86. The quantitative estimate of drug-likeness (QED) is 0.659. The van der Waals surface area contributed by atoms with Crippen molar-refractivity contribution in [2.45, 2.75) is 18.1 Å². The van der Waals surface area contributed by atoms with Gasteiger partial charge >= 0.3 is 0 Å². The fraction of sp³-hybridized carbons (Fsp3) is 0.0909. The average Bonchev–Trinajstić information content (AvgIpc) is 3.23. The second-order valence-electron chi connectivity index (χ2n) is 6.76. The van der Waals surface area contributed by atoms with Gasteiger partial charge in [-0.2, -0.15) is 12.8 Å². The molecule has 0 aliphatic heterocycles. The molecule has 5 nitrogen and oxygen atoms in total. The number of allylic oxidation sites excluding steroid dienone is 2. The Bertz CT molecular complexity index is 1270. The van der Waals surface area contributed by atoms with E-state index in [1.807, 2.05) is 32.0 Å². The molecule has 0 spiro atoms. The number of nitrogens with one attached hydrogen (secondary N) is 1. The molecule has 1 aliphatic rings. The number of thiophene rings is 1. The van der Waals surface area contributed by atoms with Gasteiger partial charge in [-0.1, -0.05) is 48.0 Å². The van der Waals surface area contributed by atoms with Crippen LogP contribution in [0.5, 0.6) is 0 Å². The Morgan fingerprint density at radius 1 is 0.966 bits per heavy atom. The predicted molar refractivity (Wildman–Crippen MR) is 116 cm³/mol. The molecule has 1 aromatic heterocycles. The van der Waals surface area contributed by atoms with Crippen LogP contribution in [0.4, 0.5) is 5.69 Å². The van der Waals surface area contributed by atoms with Crippen molar-refractivity contribution >= 4 is 38.5 Å². The van der Waals surface area contributed by atoms with Crippen molar-refractivity contribution in [3.05, 3.63) is 94.0 Å². The molecule has 7 heteroatoms. The van der Waals surface area contributed by atoms with Crippen LogP contribution in [0.1, 0.15) is 27.0 Å². The molecule has 0 saturated carbocycles. The average molecular weight is 423 g/mol. The molecule has 1 N–H and O–H groups in total. The van der Waals surface area contributed by atoms with E-state index in [4.69, 9.17) is 0 Å². The van der Waals surface area contributed by atoms with Crippen LogP contribution in [0.2, 0.25) is 0 Å². The maximum Gasteiger partial charge on any atom is 0.292 e. The van der Waals surface area contributed by atoms with Crippen LogP contribution in [0, 0.1) is 13.8 Å². The molecule has 1 heterocycles. The normalized spacial score (nSPS) is 15.2. The first kappa shape index (κ1) is 19.3. The molecule has 0 saturated heterocycles. The number of carbonyl (C=O) groups excluding carboxylic acids is 1.